The molecule has 3 aromatic rings. The summed E-state index contributed by atoms with van der Waals surface area (Å²) in [6.07, 6.45) is 10.8. The molecule has 11 heteroatoms. The minimum atomic E-state index is -0.154. The van der Waals surface area contributed by atoms with E-state index in [0.29, 0.717) is 47.8 Å². The van der Waals surface area contributed by atoms with Crippen LogP contribution in [0.2, 0.25) is 0 Å². The second kappa shape index (κ2) is 11.3. The van der Waals surface area contributed by atoms with Crippen LogP contribution in [0.25, 0.3) is 5.57 Å². The molecular weight excluding hydrogens is 444 g/mol. The van der Waals surface area contributed by atoms with Gasteiger partial charge in [0, 0.05) is 42.8 Å². The predicted molar refractivity (Wildman–Crippen MR) is 138 cm³/mol. The van der Waals surface area contributed by atoms with Crippen molar-refractivity contribution in [2.24, 2.45) is 5.84 Å². The zero-order valence-electron chi connectivity index (χ0n) is 19.4. The van der Waals surface area contributed by atoms with Crippen LogP contribution in [0, 0.1) is 5.41 Å². The van der Waals surface area contributed by atoms with Gasteiger partial charge in [0.1, 0.15) is 0 Å². The first-order valence-electron chi connectivity index (χ1n) is 11.6. The number of hydrogen-bond donors (Lipinski definition) is 5. The fourth-order valence-electron chi connectivity index (χ4n) is 3.95. The van der Waals surface area contributed by atoms with Crippen LogP contribution in [0.4, 0.5) is 23.1 Å². The van der Waals surface area contributed by atoms with E-state index >= 15 is 0 Å². The molecule has 0 amide bonds. The number of nitrogens with zero attached hydrogens (tertiary/aromatic N) is 5. The second-order valence-corrected chi connectivity index (χ2v) is 8.30. The van der Waals surface area contributed by atoms with Crippen LogP contribution in [0.1, 0.15) is 31.2 Å². The van der Waals surface area contributed by atoms with E-state index in [0.717, 1.165) is 18.4 Å². The van der Waals surface area contributed by atoms with Crippen LogP contribution >= 0.6 is 0 Å². The fraction of sp³-hybridized carbons (Fsp3) is 0.292. The van der Waals surface area contributed by atoms with Crippen molar-refractivity contribution in [1.29, 1.82) is 5.41 Å². The molecular formula is C24H30N10O. The molecule has 7 N–H and O–H groups in total. The smallest absolute Gasteiger partial charge is 0.266 e. The highest BCUT2D eigenvalue weighted by Gasteiger charge is 2.18. The number of nitrogen functional groups attached to an aromatic ring is 1. The number of anilines is 4. The molecule has 4 rings (SSSR count). The molecule has 2 heterocycles. The standard InChI is InChI=1S/C24H30N10O/c25-14-18(15-28-12-13-33-22(35)6-3-11-30-33)17-7-9-20(10-8-17)34(27)23-21(26)16-29-24(32-23)31-19-4-1-2-5-19/h3,6-11,14-16,19,25,28H,1-2,4-5,12-13,26-27H2,(H,29,31,32)/b18-15+,25-14?. The van der Waals surface area contributed by atoms with Crippen molar-refractivity contribution in [3.63, 3.8) is 0 Å². The molecule has 0 unspecified atom stereocenters. The lowest BCUT2D eigenvalue weighted by atomic mass is 10.1. The molecule has 0 saturated heterocycles. The highest BCUT2D eigenvalue weighted by Crippen LogP contribution is 2.28. The van der Waals surface area contributed by atoms with Crippen molar-refractivity contribution >= 4 is 34.9 Å². The number of nitrogens with two attached hydrogens (primary N) is 2. The predicted octanol–water partition coefficient (Wildman–Crippen LogP) is 2.26. The van der Waals surface area contributed by atoms with Crippen LogP contribution in [-0.2, 0) is 6.54 Å². The fourth-order valence-corrected chi connectivity index (χ4v) is 3.95. The quantitative estimate of drug-likeness (QED) is 0.128. The minimum absolute atomic E-state index is 0.154. The average Bonchev–Trinajstić information content (AvgIpc) is 3.39. The van der Waals surface area contributed by atoms with E-state index in [1.165, 1.54) is 34.8 Å². The summed E-state index contributed by atoms with van der Waals surface area (Å²) in [6, 6.07) is 10.9. The van der Waals surface area contributed by atoms with Crippen molar-refractivity contribution in [2.45, 2.75) is 38.3 Å². The molecule has 0 aliphatic heterocycles. The topological polar surface area (TPSA) is 164 Å². The zero-order chi connectivity index (χ0) is 24.6. The molecule has 1 saturated carbocycles. The van der Waals surface area contributed by atoms with Gasteiger partial charge in [-0.2, -0.15) is 10.1 Å². The monoisotopic (exact) mass is 474 g/mol. The van der Waals surface area contributed by atoms with Crippen molar-refractivity contribution in [1.82, 2.24) is 25.1 Å². The lowest BCUT2D eigenvalue weighted by molar-refractivity contribution is 0.563. The molecule has 0 atom stereocenters. The summed E-state index contributed by atoms with van der Waals surface area (Å²) >= 11 is 0. The maximum Gasteiger partial charge on any atom is 0.266 e. The first-order chi connectivity index (χ1) is 17.0. The summed E-state index contributed by atoms with van der Waals surface area (Å²) < 4.78 is 1.38. The first kappa shape index (κ1) is 23.9. The van der Waals surface area contributed by atoms with Crippen LogP contribution in [0.15, 0.2) is 59.8 Å². The molecule has 1 aromatic carbocycles. The molecule has 0 bridgehead atoms. The van der Waals surface area contributed by atoms with E-state index in [9.17, 15) is 4.79 Å². The summed E-state index contributed by atoms with van der Waals surface area (Å²) in [4.78, 5) is 20.5. The third-order valence-electron chi connectivity index (χ3n) is 5.86. The Morgan fingerprint density at radius 3 is 2.71 bits per heavy atom. The minimum Gasteiger partial charge on any atom is -0.394 e. The number of nitrogens with one attached hydrogen (secondary N) is 3. The van der Waals surface area contributed by atoms with E-state index in [2.05, 4.69) is 25.7 Å². The van der Waals surface area contributed by atoms with Gasteiger partial charge < -0.3 is 21.8 Å². The SMILES string of the molecule is N=C/C(=C\NCCn1ncccc1=O)c1ccc(N(N)c2nc(NC3CCCC3)ncc2N)cc1. The number of hydrazine groups is 1. The van der Waals surface area contributed by atoms with Gasteiger partial charge in [0.15, 0.2) is 5.82 Å². The van der Waals surface area contributed by atoms with E-state index in [4.69, 9.17) is 17.0 Å². The molecule has 0 spiro atoms. The van der Waals surface area contributed by atoms with Crippen molar-refractivity contribution in [3.05, 3.63) is 70.9 Å². The third-order valence-corrected chi connectivity index (χ3v) is 5.86. The van der Waals surface area contributed by atoms with Crippen molar-refractivity contribution in [2.75, 3.05) is 22.6 Å². The Bertz CT molecular complexity index is 1230. The van der Waals surface area contributed by atoms with Crippen LogP contribution in [0.3, 0.4) is 0 Å². The number of allylic oxidation sites excluding steroid dienone is 1. The molecule has 2 aromatic heterocycles. The van der Waals surface area contributed by atoms with Gasteiger partial charge in [-0.3, -0.25) is 9.80 Å². The van der Waals surface area contributed by atoms with E-state index in [-0.39, 0.29) is 5.56 Å². The Hall–Kier alpha value is -4.25. The van der Waals surface area contributed by atoms with Crippen molar-refractivity contribution in [3.8, 4) is 0 Å². The Morgan fingerprint density at radius 1 is 1.23 bits per heavy atom. The second-order valence-electron chi connectivity index (χ2n) is 8.30. The first-order valence-corrected chi connectivity index (χ1v) is 11.6. The van der Waals surface area contributed by atoms with E-state index in [1.54, 1.807) is 24.7 Å². The molecule has 35 heavy (non-hydrogen) atoms. The third kappa shape index (κ3) is 6.01. The molecule has 11 nitrogen and oxygen atoms in total. The number of hydrogen-bond acceptors (Lipinski definition) is 10. The molecule has 1 aliphatic carbocycles. The van der Waals surface area contributed by atoms with Crippen LogP contribution in [-0.4, -0.2) is 38.5 Å². The van der Waals surface area contributed by atoms with Gasteiger partial charge in [-0.05, 0) is 36.6 Å². The van der Waals surface area contributed by atoms with E-state index in [1.807, 2.05) is 24.3 Å². The van der Waals surface area contributed by atoms with Crippen LogP contribution < -0.4 is 32.8 Å². The van der Waals surface area contributed by atoms with Gasteiger partial charge in [0.2, 0.25) is 5.95 Å². The Balaban J connectivity index is 1.41. The number of aromatic nitrogens is 4. The summed E-state index contributed by atoms with van der Waals surface area (Å²) in [5, 5.41) is 19.7. The molecule has 1 aliphatic rings. The maximum atomic E-state index is 11.7. The van der Waals surface area contributed by atoms with Crippen LogP contribution in [0.5, 0.6) is 0 Å². The summed E-state index contributed by atoms with van der Waals surface area (Å²) in [7, 11) is 0. The van der Waals surface area contributed by atoms with E-state index < -0.39 is 0 Å². The Labute approximate surface area is 203 Å². The van der Waals surface area contributed by atoms with Gasteiger partial charge in [-0.1, -0.05) is 25.0 Å². The van der Waals surface area contributed by atoms with Gasteiger partial charge in [-0.15, -0.1) is 0 Å². The highest BCUT2D eigenvalue weighted by molar-refractivity contribution is 6.08. The number of benzene rings is 1. The highest BCUT2D eigenvalue weighted by atomic mass is 16.1. The maximum absolute atomic E-state index is 11.7. The zero-order valence-corrected chi connectivity index (χ0v) is 19.4. The lowest BCUT2D eigenvalue weighted by Crippen LogP contribution is -2.28. The lowest BCUT2D eigenvalue weighted by Gasteiger charge is -2.21. The normalized spacial score (nSPS) is 14.0. The summed E-state index contributed by atoms with van der Waals surface area (Å²) in [5.74, 6) is 7.28. The largest absolute Gasteiger partial charge is 0.394 e. The van der Waals surface area contributed by atoms with Gasteiger partial charge in [-0.25, -0.2) is 15.5 Å². The van der Waals surface area contributed by atoms with Gasteiger partial charge in [0.05, 0.1) is 24.1 Å². The average molecular weight is 475 g/mol. The molecule has 182 valence electrons. The molecule has 0 radical (unpaired) electrons. The Morgan fingerprint density at radius 2 is 2.00 bits per heavy atom. The summed E-state index contributed by atoms with van der Waals surface area (Å²) in [5.41, 5.74) is 8.54. The van der Waals surface area contributed by atoms with Crippen molar-refractivity contribution < 1.29 is 0 Å². The number of rotatable bonds is 10. The Kier molecular flexibility index (Phi) is 7.68. The van der Waals surface area contributed by atoms with Gasteiger partial charge >= 0.3 is 0 Å². The van der Waals surface area contributed by atoms with Gasteiger partial charge in [0.25, 0.3) is 5.56 Å². The molecule has 1 fully saturated rings. The summed E-state index contributed by atoms with van der Waals surface area (Å²) in [6.45, 7) is 0.910.